The van der Waals surface area contributed by atoms with Crippen molar-refractivity contribution in [3.05, 3.63) is 29.3 Å². The average Bonchev–Trinajstić information content (AvgIpc) is 2.46. The van der Waals surface area contributed by atoms with E-state index < -0.39 is 0 Å². The summed E-state index contributed by atoms with van der Waals surface area (Å²) in [6, 6.07) is 8.08. The third kappa shape index (κ3) is 4.68. The molecule has 1 saturated heterocycles. The number of halogens is 1. The van der Waals surface area contributed by atoms with Gasteiger partial charge in [0, 0.05) is 25.8 Å². The number of rotatable bonds is 6. The molecule has 1 aliphatic rings. The fourth-order valence-corrected chi connectivity index (χ4v) is 2.58. The van der Waals surface area contributed by atoms with E-state index in [0.717, 1.165) is 38.3 Å². The lowest BCUT2D eigenvalue weighted by atomic mass is 9.93. The van der Waals surface area contributed by atoms with E-state index in [2.05, 4.69) is 12.2 Å². The summed E-state index contributed by atoms with van der Waals surface area (Å²) in [5, 5.41) is 4.19. The van der Waals surface area contributed by atoms with Gasteiger partial charge in [0.2, 0.25) is 0 Å². The zero-order chi connectivity index (χ0) is 13.5. The Morgan fingerprint density at radius 2 is 2.11 bits per heavy atom. The van der Waals surface area contributed by atoms with Gasteiger partial charge >= 0.3 is 0 Å². The summed E-state index contributed by atoms with van der Waals surface area (Å²) in [7, 11) is 0. The number of hydrogen-bond donors (Lipinski definition) is 1. The Hall–Kier alpha value is -0.770. The lowest BCUT2D eigenvalue weighted by Gasteiger charge is -2.28. The standard InChI is InChI=1S/C15H22ClNO2/c1-12(13-6-9-18-10-7-13)17-8-11-19-15-5-3-2-4-14(15)16/h2-5,12-13,17H,6-11H2,1H3. The largest absolute Gasteiger partial charge is 0.491 e. The lowest BCUT2D eigenvalue weighted by molar-refractivity contribution is 0.0556. The number of benzene rings is 1. The van der Waals surface area contributed by atoms with Crippen molar-refractivity contribution in [3.63, 3.8) is 0 Å². The topological polar surface area (TPSA) is 30.5 Å². The monoisotopic (exact) mass is 283 g/mol. The maximum Gasteiger partial charge on any atom is 0.137 e. The molecule has 0 aliphatic carbocycles. The summed E-state index contributed by atoms with van der Waals surface area (Å²) in [5.74, 6) is 1.47. The molecule has 1 unspecified atom stereocenters. The molecule has 3 nitrogen and oxygen atoms in total. The molecule has 1 atom stereocenters. The molecule has 1 aromatic carbocycles. The van der Waals surface area contributed by atoms with Crippen LogP contribution in [-0.2, 0) is 4.74 Å². The summed E-state index contributed by atoms with van der Waals surface area (Å²) >= 11 is 6.03. The van der Waals surface area contributed by atoms with Gasteiger partial charge in [-0.2, -0.15) is 0 Å². The van der Waals surface area contributed by atoms with Crippen molar-refractivity contribution in [1.29, 1.82) is 0 Å². The summed E-state index contributed by atoms with van der Waals surface area (Å²) in [5.41, 5.74) is 0. The molecule has 0 amide bonds. The van der Waals surface area contributed by atoms with E-state index >= 15 is 0 Å². The van der Waals surface area contributed by atoms with Gasteiger partial charge < -0.3 is 14.8 Å². The molecule has 106 valence electrons. The van der Waals surface area contributed by atoms with Crippen molar-refractivity contribution in [1.82, 2.24) is 5.32 Å². The highest BCUT2D eigenvalue weighted by Crippen LogP contribution is 2.23. The minimum atomic E-state index is 0.513. The molecule has 0 bridgehead atoms. The summed E-state index contributed by atoms with van der Waals surface area (Å²) < 4.78 is 11.0. The first-order chi connectivity index (χ1) is 9.27. The Kier molecular flexibility index (Phi) is 5.95. The Morgan fingerprint density at radius 1 is 1.37 bits per heavy atom. The Balaban J connectivity index is 1.65. The van der Waals surface area contributed by atoms with Crippen LogP contribution in [0.4, 0.5) is 0 Å². The van der Waals surface area contributed by atoms with Crippen LogP contribution in [0.3, 0.4) is 0 Å². The van der Waals surface area contributed by atoms with Crippen LogP contribution in [0.1, 0.15) is 19.8 Å². The predicted molar refractivity (Wildman–Crippen MR) is 78.0 cm³/mol. The highest BCUT2D eigenvalue weighted by molar-refractivity contribution is 6.32. The van der Waals surface area contributed by atoms with Gasteiger partial charge in [0.05, 0.1) is 5.02 Å². The van der Waals surface area contributed by atoms with Crippen LogP contribution >= 0.6 is 11.6 Å². The van der Waals surface area contributed by atoms with Gasteiger partial charge in [-0.05, 0) is 37.8 Å². The third-order valence-corrected chi connectivity index (χ3v) is 3.95. The summed E-state index contributed by atoms with van der Waals surface area (Å²) in [4.78, 5) is 0. The van der Waals surface area contributed by atoms with Gasteiger partial charge in [-0.15, -0.1) is 0 Å². The third-order valence-electron chi connectivity index (χ3n) is 3.64. The molecular formula is C15H22ClNO2. The molecule has 1 heterocycles. The van der Waals surface area contributed by atoms with E-state index in [1.807, 2.05) is 24.3 Å². The summed E-state index contributed by atoms with van der Waals surface area (Å²) in [6.07, 6.45) is 2.30. The molecule has 0 spiro atoms. The molecule has 1 fully saturated rings. The maximum absolute atomic E-state index is 6.03. The van der Waals surface area contributed by atoms with Crippen LogP contribution in [0.5, 0.6) is 5.75 Å². The van der Waals surface area contributed by atoms with Gasteiger partial charge in [-0.25, -0.2) is 0 Å². The van der Waals surface area contributed by atoms with Crippen molar-refractivity contribution >= 4 is 11.6 Å². The van der Waals surface area contributed by atoms with Crippen molar-refractivity contribution in [2.75, 3.05) is 26.4 Å². The average molecular weight is 284 g/mol. The first-order valence-electron chi connectivity index (χ1n) is 6.96. The number of nitrogens with one attached hydrogen (secondary N) is 1. The molecule has 4 heteroatoms. The summed E-state index contributed by atoms with van der Waals surface area (Å²) in [6.45, 7) is 5.51. The molecule has 0 radical (unpaired) electrons. The van der Waals surface area contributed by atoms with Crippen LogP contribution in [0.2, 0.25) is 5.02 Å². The van der Waals surface area contributed by atoms with Crippen LogP contribution in [0.25, 0.3) is 0 Å². The van der Waals surface area contributed by atoms with E-state index in [1.54, 1.807) is 0 Å². The molecular weight excluding hydrogens is 262 g/mol. The smallest absolute Gasteiger partial charge is 0.137 e. The Morgan fingerprint density at radius 3 is 2.84 bits per heavy atom. The maximum atomic E-state index is 6.03. The van der Waals surface area contributed by atoms with Crippen molar-refractivity contribution in [2.24, 2.45) is 5.92 Å². The van der Waals surface area contributed by atoms with Crippen LogP contribution in [0, 0.1) is 5.92 Å². The van der Waals surface area contributed by atoms with Crippen LogP contribution in [0.15, 0.2) is 24.3 Å². The number of ether oxygens (including phenoxy) is 2. The van der Waals surface area contributed by atoms with Gasteiger partial charge in [0.15, 0.2) is 0 Å². The van der Waals surface area contributed by atoms with E-state index in [1.165, 1.54) is 0 Å². The first-order valence-corrected chi connectivity index (χ1v) is 7.33. The second-order valence-electron chi connectivity index (χ2n) is 4.97. The molecule has 1 aromatic rings. The lowest BCUT2D eigenvalue weighted by Crippen LogP contribution is -2.38. The minimum Gasteiger partial charge on any atom is -0.491 e. The fourth-order valence-electron chi connectivity index (χ4n) is 2.39. The van der Waals surface area contributed by atoms with Gasteiger partial charge in [0.1, 0.15) is 12.4 Å². The highest BCUT2D eigenvalue weighted by Gasteiger charge is 2.19. The molecule has 1 aliphatic heterocycles. The van der Waals surface area contributed by atoms with Crippen molar-refractivity contribution < 1.29 is 9.47 Å². The molecule has 0 saturated carbocycles. The zero-order valence-electron chi connectivity index (χ0n) is 11.4. The van der Waals surface area contributed by atoms with E-state index in [-0.39, 0.29) is 0 Å². The number of hydrogen-bond acceptors (Lipinski definition) is 3. The Bertz CT molecular complexity index is 380. The minimum absolute atomic E-state index is 0.513. The molecule has 0 aromatic heterocycles. The fraction of sp³-hybridized carbons (Fsp3) is 0.600. The van der Waals surface area contributed by atoms with Gasteiger partial charge in [0.25, 0.3) is 0 Å². The Labute approximate surface area is 120 Å². The van der Waals surface area contributed by atoms with E-state index in [0.29, 0.717) is 23.6 Å². The van der Waals surface area contributed by atoms with E-state index in [9.17, 15) is 0 Å². The zero-order valence-corrected chi connectivity index (χ0v) is 12.2. The van der Waals surface area contributed by atoms with Gasteiger partial charge in [-0.3, -0.25) is 0 Å². The second-order valence-corrected chi connectivity index (χ2v) is 5.38. The normalized spacial score (nSPS) is 18.2. The van der Waals surface area contributed by atoms with Crippen LogP contribution in [-0.4, -0.2) is 32.4 Å². The van der Waals surface area contributed by atoms with Gasteiger partial charge in [-0.1, -0.05) is 23.7 Å². The molecule has 1 N–H and O–H groups in total. The SMILES string of the molecule is CC(NCCOc1ccccc1Cl)C1CCOCC1. The van der Waals surface area contributed by atoms with Crippen LogP contribution < -0.4 is 10.1 Å². The van der Waals surface area contributed by atoms with Crippen molar-refractivity contribution in [3.8, 4) is 5.75 Å². The predicted octanol–water partition coefficient (Wildman–Crippen LogP) is 3.12. The highest BCUT2D eigenvalue weighted by atomic mass is 35.5. The quantitative estimate of drug-likeness (QED) is 0.814. The van der Waals surface area contributed by atoms with E-state index in [4.69, 9.17) is 21.1 Å². The van der Waals surface area contributed by atoms with Crippen molar-refractivity contribution in [2.45, 2.75) is 25.8 Å². The molecule has 2 rings (SSSR count). The second kappa shape index (κ2) is 7.73. The first kappa shape index (κ1) is 14.6. The molecule has 19 heavy (non-hydrogen) atoms. The number of para-hydroxylation sites is 1.